The number of hydrogen-bond acceptors (Lipinski definition) is 5. The first-order valence-electron chi connectivity index (χ1n) is 8.09. The second-order valence-corrected chi connectivity index (χ2v) is 6.55. The van der Waals surface area contributed by atoms with E-state index in [1.807, 2.05) is 30.1 Å². The van der Waals surface area contributed by atoms with Gasteiger partial charge in [0.2, 0.25) is 5.75 Å². The lowest BCUT2D eigenvalue weighted by Crippen LogP contribution is -1.99. The smallest absolute Gasteiger partial charge is 0.203 e. The summed E-state index contributed by atoms with van der Waals surface area (Å²) in [5, 5.41) is 4.46. The largest absolute Gasteiger partial charge is 0.493 e. The lowest BCUT2D eigenvalue weighted by Gasteiger charge is -2.15. The number of ether oxygens (including phenoxy) is 3. The molecule has 5 nitrogen and oxygen atoms in total. The van der Waals surface area contributed by atoms with E-state index in [0.29, 0.717) is 17.2 Å². The Morgan fingerprint density at radius 1 is 0.885 bits per heavy atom. The molecule has 0 aliphatic rings. The maximum absolute atomic E-state index is 5.50. The zero-order chi connectivity index (χ0) is 18.7. The Hall–Kier alpha value is -2.60. The van der Waals surface area contributed by atoms with Gasteiger partial charge >= 0.3 is 0 Å². The molecule has 0 N–H and O–H groups in total. The average molecular weight is 370 g/mol. The highest BCUT2D eigenvalue weighted by atomic mass is 32.2. The Morgan fingerprint density at radius 2 is 1.50 bits per heavy atom. The van der Waals surface area contributed by atoms with Gasteiger partial charge in [-0.3, -0.25) is 4.68 Å². The van der Waals surface area contributed by atoms with Crippen LogP contribution in [0, 0.1) is 0 Å². The summed E-state index contributed by atoms with van der Waals surface area (Å²) in [6, 6.07) is 12.4. The summed E-state index contributed by atoms with van der Waals surface area (Å²) in [6.45, 7) is 0. The second kappa shape index (κ2) is 7.74. The third-order valence-corrected chi connectivity index (χ3v) is 5.02. The highest BCUT2D eigenvalue weighted by Crippen LogP contribution is 2.43. The summed E-state index contributed by atoms with van der Waals surface area (Å²) < 4.78 is 18.3. The first-order valence-corrected chi connectivity index (χ1v) is 9.32. The molecule has 0 aliphatic carbocycles. The zero-order valence-electron chi connectivity index (χ0n) is 15.6. The van der Waals surface area contributed by atoms with Crippen LogP contribution >= 0.6 is 11.8 Å². The van der Waals surface area contributed by atoms with Gasteiger partial charge in [-0.2, -0.15) is 5.10 Å². The van der Waals surface area contributed by atoms with Gasteiger partial charge in [0.15, 0.2) is 11.5 Å². The summed E-state index contributed by atoms with van der Waals surface area (Å²) in [5.41, 5.74) is 4.10. The van der Waals surface area contributed by atoms with Crippen molar-refractivity contribution in [3.8, 4) is 39.6 Å². The van der Waals surface area contributed by atoms with E-state index in [1.165, 1.54) is 4.90 Å². The molecule has 0 saturated carbocycles. The minimum Gasteiger partial charge on any atom is -0.493 e. The van der Waals surface area contributed by atoms with E-state index < -0.39 is 0 Å². The molecular formula is C20H22N2O3S. The average Bonchev–Trinajstić information content (AvgIpc) is 3.08. The van der Waals surface area contributed by atoms with Crippen LogP contribution in [0.2, 0.25) is 0 Å². The van der Waals surface area contributed by atoms with E-state index in [0.717, 1.165) is 22.4 Å². The van der Waals surface area contributed by atoms with Crippen LogP contribution < -0.4 is 14.2 Å². The monoisotopic (exact) mass is 370 g/mol. The van der Waals surface area contributed by atoms with Crippen LogP contribution in [-0.4, -0.2) is 37.4 Å². The highest BCUT2D eigenvalue weighted by molar-refractivity contribution is 7.98. The Bertz CT molecular complexity index is 879. The Morgan fingerprint density at radius 3 is 2.00 bits per heavy atom. The minimum atomic E-state index is 0.576. The summed E-state index contributed by atoms with van der Waals surface area (Å²) in [7, 11) is 6.76. The molecule has 0 fully saturated rings. The SMILES string of the molecule is COc1cc(-c2c(-c3ccc(SC)cc3)cnn2C)cc(OC)c1OC. The van der Waals surface area contributed by atoms with E-state index in [-0.39, 0.29) is 0 Å². The molecule has 1 heterocycles. The maximum Gasteiger partial charge on any atom is 0.203 e. The van der Waals surface area contributed by atoms with Crippen molar-refractivity contribution in [1.82, 2.24) is 9.78 Å². The lowest BCUT2D eigenvalue weighted by molar-refractivity contribution is 0.324. The van der Waals surface area contributed by atoms with Gasteiger partial charge in [0.25, 0.3) is 0 Å². The van der Waals surface area contributed by atoms with Gasteiger partial charge in [0.1, 0.15) is 0 Å². The van der Waals surface area contributed by atoms with Crippen LogP contribution in [0.15, 0.2) is 47.5 Å². The summed E-state index contributed by atoms with van der Waals surface area (Å²) in [4.78, 5) is 1.23. The predicted octanol–water partition coefficient (Wildman–Crippen LogP) is 4.50. The Balaban J connectivity index is 2.17. The van der Waals surface area contributed by atoms with E-state index in [9.17, 15) is 0 Å². The van der Waals surface area contributed by atoms with Crippen molar-refractivity contribution >= 4 is 11.8 Å². The summed E-state index contributed by atoms with van der Waals surface area (Å²) in [5.74, 6) is 1.81. The van der Waals surface area contributed by atoms with Gasteiger partial charge in [-0.1, -0.05) is 12.1 Å². The Labute approximate surface area is 157 Å². The molecule has 0 atom stereocenters. The molecule has 3 aromatic rings. The van der Waals surface area contributed by atoms with Crippen molar-refractivity contribution in [2.24, 2.45) is 7.05 Å². The summed E-state index contributed by atoms with van der Waals surface area (Å²) in [6.07, 6.45) is 3.95. The Kier molecular flexibility index (Phi) is 5.42. The molecule has 1 aromatic heterocycles. The first-order chi connectivity index (χ1) is 12.6. The molecule has 3 rings (SSSR count). The normalized spacial score (nSPS) is 10.7. The quantitative estimate of drug-likeness (QED) is 0.598. The van der Waals surface area contributed by atoms with E-state index in [4.69, 9.17) is 14.2 Å². The lowest BCUT2D eigenvalue weighted by atomic mass is 10.0. The van der Waals surface area contributed by atoms with Crippen LogP contribution in [-0.2, 0) is 7.05 Å². The molecular weight excluding hydrogens is 348 g/mol. The third-order valence-electron chi connectivity index (χ3n) is 4.28. The van der Waals surface area contributed by atoms with Crippen molar-refractivity contribution in [3.05, 3.63) is 42.6 Å². The second-order valence-electron chi connectivity index (χ2n) is 5.67. The van der Waals surface area contributed by atoms with Crippen molar-refractivity contribution in [1.29, 1.82) is 0 Å². The molecule has 136 valence electrons. The van der Waals surface area contributed by atoms with E-state index in [2.05, 4.69) is 35.6 Å². The van der Waals surface area contributed by atoms with Crippen LogP contribution in [0.5, 0.6) is 17.2 Å². The number of rotatable bonds is 6. The third kappa shape index (κ3) is 3.24. The number of hydrogen-bond donors (Lipinski definition) is 0. The van der Waals surface area contributed by atoms with Gasteiger partial charge in [-0.05, 0) is 36.1 Å². The molecule has 0 bridgehead atoms. The van der Waals surface area contributed by atoms with Crippen LogP contribution in [0.1, 0.15) is 0 Å². The van der Waals surface area contributed by atoms with Crippen molar-refractivity contribution in [3.63, 3.8) is 0 Å². The van der Waals surface area contributed by atoms with E-state index >= 15 is 0 Å². The topological polar surface area (TPSA) is 45.5 Å². The standard InChI is InChI=1S/C20H22N2O3S/c1-22-19(14-10-17(23-2)20(25-4)18(11-14)24-3)16(12-21-22)13-6-8-15(26-5)9-7-13/h6-12H,1-5H3. The molecule has 6 heteroatoms. The zero-order valence-corrected chi connectivity index (χ0v) is 16.4. The molecule has 0 aliphatic heterocycles. The van der Waals surface area contributed by atoms with Gasteiger partial charge in [-0.15, -0.1) is 11.8 Å². The fraction of sp³-hybridized carbons (Fsp3) is 0.250. The van der Waals surface area contributed by atoms with Gasteiger partial charge in [-0.25, -0.2) is 0 Å². The van der Waals surface area contributed by atoms with Gasteiger partial charge < -0.3 is 14.2 Å². The molecule has 0 saturated heterocycles. The number of aromatic nitrogens is 2. The van der Waals surface area contributed by atoms with Crippen LogP contribution in [0.4, 0.5) is 0 Å². The molecule has 2 aromatic carbocycles. The number of benzene rings is 2. The summed E-state index contributed by atoms with van der Waals surface area (Å²) >= 11 is 1.72. The molecule has 0 unspecified atom stereocenters. The first kappa shape index (κ1) is 18.2. The minimum absolute atomic E-state index is 0.576. The van der Waals surface area contributed by atoms with Crippen LogP contribution in [0.25, 0.3) is 22.4 Å². The van der Waals surface area contributed by atoms with Gasteiger partial charge in [0, 0.05) is 23.1 Å². The van der Waals surface area contributed by atoms with Gasteiger partial charge in [0.05, 0.1) is 33.2 Å². The molecule has 26 heavy (non-hydrogen) atoms. The number of nitrogens with zero attached hydrogens (tertiary/aromatic N) is 2. The number of methoxy groups -OCH3 is 3. The fourth-order valence-corrected chi connectivity index (χ4v) is 3.39. The molecule has 0 spiro atoms. The van der Waals surface area contributed by atoms with Crippen molar-refractivity contribution in [2.45, 2.75) is 4.90 Å². The molecule has 0 amide bonds. The predicted molar refractivity (Wildman–Crippen MR) is 106 cm³/mol. The number of thioether (sulfide) groups is 1. The number of aryl methyl sites for hydroxylation is 1. The molecule has 0 radical (unpaired) electrons. The maximum atomic E-state index is 5.50. The van der Waals surface area contributed by atoms with Crippen molar-refractivity contribution < 1.29 is 14.2 Å². The fourth-order valence-electron chi connectivity index (χ4n) is 2.98. The highest BCUT2D eigenvalue weighted by Gasteiger charge is 2.19. The van der Waals surface area contributed by atoms with Crippen LogP contribution in [0.3, 0.4) is 0 Å². The van der Waals surface area contributed by atoms with E-state index in [1.54, 1.807) is 33.1 Å². The van der Waals surface area contributed by atoms with Crippen molar-refractivity contribution in [2.75, 3.05) is 27.6 Å².